The van der Waals surface area contributed by atoms with Crippen molar-refractivity contribution in [1.29, 1.82) is 0 Å². The van der Waals surface area contributed by atoms with Crippen LogP contribution < -0.4 is 15.8 Å². The molecule has 0 heterocycles. The summed E-state index contributed by atoms with van der Waals surface area (Å²) in [5.74, 6) is -0.549. The van der Waals surface area contributed by atoms with E-state index in [9.17, 15) is 9.18 Å². The van der Waals surface area contributed by atoms with E-state index in [0.29, 0.717) is 44.0 Å². The highest BCUT2D eigenvalue weighted by atomic mass is 19.1. The van der Waals surface area contributed by atoms with E-state index in [-0.39, 0.29) is 11.7 Å². The number of nitrogen functional groups attached to an aromatic ring is 1. The Morgan fingerprint density at radius 1 is 1.35 bits per heavy atom. The van der Waals surface area contributed by atoms with Crippen molar-refractivity contribution < 1.29 is 18.7 Å². The number of carbonyl (C=O) groups is 1. The number of hydrogen-bond acceptors (Lipinski definition) is 5. The van der Waals surface area contributed by atoms with Gasteiger partial charge in [0.05, 0.1) is 24.6 Å². The first-order chi connectivity index (χ1) is 9.58. The molecule has 0 saturated carbocycles. The zero-order chi connectivity index (χ0) is 15.0. The van der Waals surface area contributed by atoms with Gasteiger partial charge in [0.2, 0.25) is 0 Å². The van der Waals surface area contributed by atoms with Crippen LogP contribution in [-0.2, 0) is 9.53 Å². The maximum atomic E-state index is 13.5. The second-order valence-corrected chi connectivity index (χ2v) is 4.14. The molecule has 0 saturated heterocycles. The first-order valence-corrected chi connectivity index (χ1v) is 6.69. The molecule has 20 heavy (non-hydrogen) atoms. The number of carbonyl (C=O) groups excluding carboxylic acids is 1. The predicted molar refractivity (Wildman–Crippen MR) is 76.3 cm³/mol. The first kappa shape index (κ1) is 16.1. The molecule has 1 aromatic rings. The maximum Gasteiger partial charge on any atom is 0.305 e. The number of benzene rings is 1. The lowest BCUT2D eigenvalue weighted by atomic mass is 10.2. The van der Waals surface area contributed by atoms with Gasteiger partial charge >= 0.3 is 5.97 Å². The van der Waals surface area contributed by atoms with Crippen LogP contribution in [0.4, 0.5) is 15.8 Å². The van der Waals surface area contributed by atoms with Crippen LogP contribution >= 0.6 is 0 Å². The number of hydrogen-bond donors (Lipinski definition) is 2. The quantitative estimate of drug-likeness (QED) is 0.436. The Kier molecular flexibility index (Phi) is 6.63. The molecule has 0 unspecified atom stereocenters. The van der Waals surface area contributed by atoms with Crippen molar-refractivity contribution in [1.82, 2.24) is 0 Å². The largest absolute Gasteiger partial charge is 0.491 e. The summed E-state index contributed by atoms with van der Waals surface area (Å²) in [6, 6.07) is 2.75. The van der Waals surface area contributed by atoms with E-state index >= 15 is 0 Å². The highest BCUT2D eigenvalue weighted by Gasteiger charge is 2.09. The summed E-state index contributed by atoms with van der Waals surface area (Å²) in [4.78, 5) is 11.2. The lowest BCUT2D eigenvalue weighted by Gasteiger charge is -2.12. The molecule has 0 radical (unpaired) electrons. The molecule has 0 spiro atoms. The number of ether oxygens (including phenoxy) is 2. The van der Waals surface area contributed by atoms with Gasteiger partial charge in [-0.1, -0.05) is 0 Å². The third-order valence-electron chi connectivity index (χ3n) is 2.58. The summed E-state index contributed by atoms with van der Waals surface area (Å²) in [5.41, 5.74) is 6.63. The zero-order valence-electron chi connectivity index (χ0n) is 11.9. The maximum absolute atomic E-state index is 13.5. The first-order valence-electron chi connectivity index (χ1n) is 6.69. The van der Waals surface area contributed by atoms with E-state index in [2.05, 4.69) is 5.32 Å². The monoisotopic (exact) mass is 284 g/mol. The summed E-state index contributed by atoms with van der Waals surface area (Å²) in [5, 5.41) is 3.06. The molecule has 0 amide bonds. The van der Waals surface area contributed by atoms with Gasteiger partial charge in [-0.2, -0.15) is 0 Å². The Bertz CT molecular complexity index is 452. The smallest absolute Gasteiger partial charge is 0.305 e. The minimum atomic E-state index is -0.485. The predicted octanol–water partition coefficient (Wildman–Crippen LogP) is 2.56. The molecule has 1 aromatic carbocycles. The van der Waals surface area contributed by atoms with E-state index in [4.69, 9.17) is 15.2 Å². The molecule has 1 rings (SSSR count). The second kappa shape index (κ2) is 8.24. The number of nitrogens with one attached hydrogen (secondary N) is 1. The molecule has 0 bridgehead atoms. The van der Waals surface area contributed by atoms with E-state index in [0.717, 1.165) is 0 Å². The fourth-order valence-electron chi connectivity index (χ4n) is 1.68. The Balaban J connectivity index is 2.51. The van der Waals surface area contributed by atoms with Crippen LogP contribution in [0.5, 0.6) is 5.75 Å². The molecule has 0 atom stereocenters. The van der Waals surface area contributed by atoms with Crippen molar-refractivity contribution in [3.8, 4) is 5.75 Å². The highest BCUT2D eigenvalue weighted by Crippen LogP contribution is 2.28. The summed E-state index contributed by atoms with van der Waals surface area (Å²) >= 11 is 0. The Morgan fingerprint density at radius 2 is 2.10 bits per heavy atom. The topological polar surface area (TPSA) is 73.6 Å². The fourth-order valence-corrected chi connectivity index (χ4v) is 1.68. The Hall–Kier alpha value is -1.98. The van der Waals surface area contributed by atoms with Gasteiger partial charge in [-0.3, -0.25) is 4.79 Å². The number of rotatable bonds is 8. The van der Waals surface area contributed by atoms with Crippen molar-refractivity contribution in [3.05, 3.63) is 17.9 Å². The van der Waals surface area contributed by atoms with E-state index in [1.54, 1.807) is 13.8 Å². The van der Waals surface area contributed by atoms with E-state index in [1.807, 2.05) is 0 Å². The zero-order valence-corrected chi connectivity index (χ0v) is 11.9. The van der Waals surface area contributed by atoms with Gasteiger partial charge in [0.15, 0.2) is 11.6 Å². The van der Waals surface area contributed by atoms with Crippen LogP contribution in [0.2, 0.25) is 0 Å². The van der Waals surface area contributed by atoms with Gasteiger partial charge in [-0.15, -0.1) is 0 Å². The van der Waals surface area contributed by atoms with Crippen molar-refractivity contribution in [2.45, 2.75) is 26.7 Å². The average molecular weight is 284 g/mol. The van der Waals surface area contributed by atoms with Crippen molar-refractivity contribution in [2.24, 2.45) is 0 Å². The van der Waals surface area contributed by atoms with Crippen LogP contribution in [0.15, 0.2) is 12.1 Å². The van der Waals surface area contributed by atoms with Gasteiger partial charge in [-0.05, 0) is 20.3 Å². The fraction of sp³-hybridized carbons (Fsp3) is 0.500. The molecular weight excluding hydrogens is 263 g/mol. The number of anilines is 2. The molecule has 5 nitrogen and oxygen atoms in total. The molecule has 0 aromatic heterocycles. The van der Waals surface area contributed by atoms with Crippen LogP contribution in [0.1, 0.15) is 26.7 Å². The summed E-state index contributed by atoms with van der Waals surface area (Å²) < 4.78 is 23.5. The Labute approximate surface area is 118 Å². The standard InChI is InChI=1S/C14H21FN2O3/c1-3-19-13-9-12(11(16)8-10(13)15)17-7-5-6-14(18)20-4-2/h8-9,17H,3-7,16H2,1-2H3. The minimum absolute atomic E-state index is 0.162. The molecular formula is C14H21FN2O3. The molecule has 0 fully saturated rings. The number of halogens is 1. The number of nitrogens with two attached hydrogens (primary N) is 1. The second-order valence-electron chi connectivity index (χ2n) is 4.14. The summed E-state index contributed by atoms with van der Waals surface area (Å²) in [6.45, 7) is 4.85. The SMILES string of the molecule is CCOC(=O)CCCNc1cc(OCC)c(F)cc1N. The van der Waals surface area contributed by atoms with Gasteiger partial charge in [-0.25, -0.2) is 4.39 Å². The molecule has 0 aliphatic carbocycles. The molecule has 3 N–H and O–H groups in total. The summed E-state index contributed by atoms with van der Waals surface area (Å²) in [6.07, 6.45) is 0.944. The molecule has 0 aliphatic heterocycles. The van der Waals surface area contributed by atoms with Crippen molar-refractivity contribution in [3.63, 3.8) is 0 Å². The van der Waals surface area contributed by atoms with Gasteiger partial charge in [0.1, 0.15) is 0 Å². The molecule has 6 heteroatoms. The molecule has 0 aliphatic rings. The lowest BCUT2D eigenvalue weighted by molar-refractivity contribution is -0.143. The third-order valence-corrected chi connectivity index (χ3v) is 2.58. The van der Waals surface area contributed by atoms with Crippen LogP contribution in [0, 0.1) is 5.82 Å². The Morgan fingerprint density at radius 3 is 2.75 bits per heavy atom. The van der Waals surface area contributed by atoms with Crippen molar-refractivity contribution in [2.75, 3.05) is 30.8 Å². The van der Waals surface area contributed by atoms with Gasteiger partial charge in [0.25, 0.3) is 0 Å². The highest BCUT2D eigenvalue weighted by molar-refractivity contribution is 5.70. The normalized spacial score (nSPS) is 10.2. The van der Waals surface area contributed by atoms with Gasteiger partial charge in [0, 0.05) is 25.1 Å². The van der Waals surface area contributed by atoms with E-state index in [1.165, 1.54) is 12.1 Å². The van der Waals surface area contributed by atoms with Crippen LogP contribution in [0.25, 0.3) is 0 Å². The average Bonchev–Trinajstić information content (AvgIpc) is 2.40. The molecule has 112 valence electrons. The minimum Gasteiger partial charge on any atom is -0.491 e. The van der Waals surface area contributed by atoms with E-state index < -0.39 is 5.82 Å². The number of esters is 1. The van der Waals surface area contributed by atoms with Crippen LogP contribution in [-0.4, -0.2) is 25.7 Å². The summed E-state index contributed by atoms with van der Waals surface area (Å²) in [7, 11) is 0. The van der Waals surface area contributed by atoms with Crippen molar-refractivity contribution >= 4 is 17.3 Å². The van der Waals surface area contributed by atoms with Gasteiger partial charge < -0.3 is 20.5 Å². The lowest BCUT2D eigenvalue weighted by Crippen LogP contribution is -2.09. The van der Waals surface area contributed by atoms with Crippen LogP contribution in [0.3, 0.4) is 0 Å². The third kappa shape index (κ3) is 4.95.